The first-order valence-corrected chi connectivity index (χ1v) is 4.24. The molecule has 0 aliphatic heterocycles. The Morgan fingerprint density at radius 2 is 2.15 bits per heavy atom. The van der Waals surface area contributed by atoms with Gasteiger partial charge in [-0.3, -0.25) is 9.69 Å². The molecule has 1 N–H and O–H groups in total. The summed E-state index contributed by atoms with van der Waals surface area (Å²) >= 11 is 0. The first-order chi connectivity index (χ1) is 5.92. The molecule has 0 aliphatic carbocycles. The SMILES string of the molecule is CN(CCCC#N)C(C)(C)C(=O)O. The smallest absolute Gasteiger partial charge is 0.323 e. The van der Waals surface area contributed by atoms with Crippen molar-refractivity contribution in [1.29, 1.82) is 5.26 Å². The summed E-state index contributed by atoms with van der Waals surface area (Å²) in [6, 6.07) is 2.03. The zero-order valence-electron chi connectivity index (χ0n) is 8.37. The summed E-state index contributed by atoms with van der Waals surface area (Å²) in [6.45, 7) is 3.94. The fourth-order valence-electron chi connectivity index (χ4n) is 0.838. The monoisotopic (exact) mass is 184 g/mol. The molecule has 0 heterocycles. The van der Waals surface area contributed by atoms with Gasteiger partial charge in [-0.25, -0.2) is 0 Å². The van der Waals surface area contributed by atoms with Crippen LogP contribution in [0.3, 0.4) is 0 Å². The molecule has 0 amide bonds. The highest BCUT2D eigenvalue weighted by molar-refractivity contribution is 5.77. The quantitative estimate of drug-likeness (QED) is 0.649. The first-order valence-electron chi connectivity index (χ1n) is 4.24. The highest BCUT2D eigenvalue weighted by Gasteiger charge is 2.31. The lowest BCUT2D eigenvalue weighted by Gasteiger charge is -2.31. The number of hydrogen-bond acceptors (Lipinski definition) is 3. The largest absolute Gasteiger partial charge is 0.480 e. The molecule has 0 aromatic rings. The van der Waals surface area contributed by atoms with Gasteiger partial charge in [0.2, 0.25) is 0 Å². The maximum absolute atomic E-state index is 10.8. The Balaban J connectivity index is 4.03. The summed E-state index contributed by atoms with van der Waals surface area (Å²) in [7, 11) is 1.76. The van der Waals surface area contributed by atoms with Crippen LogP contribution in [0.2, 0.25) is 0 Å². The molecule has 0 saturated heterocycles. The van der Waals surface area contributed by atoms with E-state index in [9.17, 15) is 4.79 Å². The van der Waals surface area contributed by atoms with Crippen molar-refractivity contribution >= 4 is 5.97 Å². The molecule has 0 aromatic carbocycles. The molecule has 13 heavy (non-hydrogen) atoms. The molecular weight excluding hydrogens is 168 g/mol. The van der Waals surface area contributed by atoms with Crippen molar-refractivity contribution in [2.75, 3.05) is 13.6 Å². The van der Waals surface area contributed by atoms with E-state index < -0.39 is 11.5 Å². The van der Waals surface area contributed by atoms with Crippen molar-refractivity contribution in [2.24, 2.45) is 0 Å². The van der Waals surface area contributed by atoms with Crippen molar-refractivity contribution < 1.29 is 9.90 Å². The number of unbranched alkanes of at least 4 members (excludes halogenated alkanes) is 1. The van der Waals surface area contributed by atoms with Crippen LogP contribution in [-0.2, 0) is 4.79 Å². The highest BCUT2D eigenvalue weighted by Crippen LogP contribution is 2.12. The van der Waals surface area contributed by atoms with Crippen LogP contribution in [0.15, 0.2) is 0 Å². The van der Waals surface area contributed by atoms with E-state index in [4.69, 9.17) is 10.4 Å². The third-order valence-corrected chi connectivity index (χ3v) is 2.26. The van der Waals surface area contributed by atoms with E-state index in [2.05, 4.69) is 0 Å². The van der Waals surface area contributed by atoms with Gasteiger partial charge in [-0.05, 0) is 33.9 Å². The van der Waals surface area contributed by atoms with E-state index in [1.807, 2.05) is 6.07 Å². The van der Waals surface area contributed by atoms with Gasteiger partial charge >= 0.3 is 5.97 Å². The highest BCUT2D eigenvalue weighted by atomic mass is 16.4. The lowest BCUT2D eigenvalue weighted by atomic mass is 10.0. The Kier molecular flexibility index (Phi) is 4.43. The van der Waals surface area contributed by atoms with E-state index in [1.54, 1.807) is 25.8 Å². The fraction of sp³-hybridized carbons (Fsp3) is 0.778. The van der Waals surface area contributed by atoms with Gasteiger partial charge in [0.1, 0.15) is 5.54 Å². The van der Waals surface area contributed by atoms with E-state index >= 15 is 0 Å². The Morgan fingerprint density at radius 3 is 2.54 bits per heavy atom. The second-order valence-electron chi connectivity index (χ2n) is 3.55. The van der Waals surface area contributed by atoms with Gasteiger partial charge in [-0.2, -0.15) is 5.26 Å². The number of hydrogen-bond donors (Lipinski definition) is 1. The summed E-state index contributed by atoms with van der Waals surface area (Å²) < 4.78 is 0. The van der Waals surface area contributed by atoms with Gasteiger partial charge < -0.3 is 5.11 Å². The van der Waals surface area contributed by atoms with Crippen molar-refractivity contribution in [3.05, 3.63) is 0 Å². The fourth-order valence-corrected chi connectivity index (χ4v) is 0.838. The number of carboxylic acids is 1. The average Bonchev–Trinajstić information content (AvgIpc) is 2.04. The number of aliphatic carboxylic acids is 1. The lowest BCUT2D eigenvalue weighted by molar-refractivity contribution is -0.148. The van der Waals surface area contributed by atoms with Crippen molar-refractivity contribution in [3.8, 4) is 6.07 Å². The Bertz CT molecular complexity index is 218. The molecule has 0 fully saturated rings. The summed E-state index contributed by atoms with van der Waals surface area (Å²) in [6.07, 6.45) is 1.18. The summed E-state index contributed by atoms with van der Waals surface area (Å²) in [4.78, 5) is 12.5. The van der Waals surface area contributed by atoms with Gasteiger partial charge in [0.05, 0.1) is 6.07 Å². The van der Waals surface area contributed by atoms with E-state index in [0.717, 1.165) is 0 Å². The van der Waals surface area contributed by atoms with Crippen LogP contribution in [-0.4, -0.2) is 35.1 Å². The van der Waals surface area contributed by atoms with Gasteiger partial charge in [0.25, 0.3) is 0 Å². The Labute approximate surface area is 78.8 Å². The molecule has 0 bridgehead atoms. The molecule has 0 spiro atoms. The molecule has 0 unspecified atom stereocenters. The maximum atomic E-state index is 10.8. The lowest BCUT2D eigenvalue weighted by Crippen LogP contribution is -2.48. The summed E-state index contributed by atoms with van der Waals surface area (Å²) in [5.74, 6) is -0.841. The molecule has 0 saturated carbocycles. The summed E-state index contributed by atoms with van der Waals surface area (Å²) in [5.41, 5.74) is -0.852. The van der Waals surface area contributed by atoms with Crippen molar-refractivity contribution in [2.45, 2.75) is 32.2 Å². The molecule has 0 radical (unpaired) electrons. The molecular formula is C9H16N2O2. The molecule has 4 nitrogen and oxygen atoms in total. The van der Waals surface area contributed by atoms with Gasteiger partial charge in [0, 0.05) is 6.42 Å². The topological polar surface area (TPSA) is 64.3 Å². The number of nitriles is 1. The normalized spacial score (nSPS) is 11.3. The molecule has 0 aromatic heterocycles. The van der Waals surface area contributed by atoms with E-state index in [1.165, 1.54) is 0 Å². The van der Waals surface area contributed by atoms with Crippen LogP contribution in [0.1, 0.15) is 26.7 Å². The van der Waals surface area contributed by atoms with Gasteiger partial charge in [-0.1, -0.05) is 0 Å². The van der Waals surface area contributed by atoms with Crippen molar-refractivity contribution in [3.63, 3.8) is 0 Å². The van der Waals surface area contributed by atoms with Crippen LogP contribution in [0.25, 0.3) is 0 Å². The number of carbonyl (C=O) groups is 1. The zero-order chi connectivity index (χ0) is 10.5. The predicted octanol–water partition coefficient (Wildman–Crippen LogP) is 1.09. The number of likely N-dealkylation sites (N-methyl/N-ethyl adjacent to an activating group) is 1. The molecule has 4 heteroatoms. The van der Waals surface area contributed by atoms with Crippen LogP contribution in [0.4, 0.5) is 0 Å². The number of rotatable bonds is 5. The maximum Gasteiger partial charge on any atom is 0.323 e. The third-order valence-electron chi connectivity index (χ3n) is 2.26. The second kappa shape index (κ2) is 4.83. The average molecular weight is 184 g/mol. The Hall–Kier alpha value is -1.08. The van der Waals surface area contributed by atoms with Crippen LogP contribution >= 0.6 is 0 Å². The van der Waals surface area contributed by atoms with Crippen LogP contribution in [0, 0.1) is 11.3 Å². The molecule has 0 aliphatic rings. The van der Waals surface area contributed by atoms with E-state index in [0.29, 0.717) is 19.4 Å². The predicted molar refractivity (Wildman–Crippen MR) is 49.2 cm³/mol. The van der Waals surface area contributed by atoms with Crippen molar-refractivity contribution in [1.82, 2.24) is 4.90 Å². The number of carboxylic acid groups (broad SMARTS) is 1. The minimum atomic E-state index is -0.852. The second-order valence-corrected chi connectivity index (χ2v) is 3.55. The summed E-state index contributed by atoms with van der Waals surface area (Å²) in [5, 5.41) is 17.2. The molecule has 0 rings (SSSR count). The standard InChI is InChI=1S/C9H16N2O2/c1-9(2,8(12)13)11(3)7-5-4-6-10/h4-5,7H2,1-3H3,(H,12,13). The molecule has 74 valence electrons. The number of nitrogens with zero attached hydrogens (tertiary/aromatic N) is 2. The zero-order valence-corrected chi connectivity index (χ0v) is 8.37. The van der Waals surface area contributed by atoms with Crippen LogP contribution < -0.4 is 0 Å². The van der Waals surface area contributed by atoms with E-state index in [-0.39, 0.29) is 0 Å². The Morgan fingerprint density at radius 1 is 1.62 bits per heavy atom. The minimum absolute atomic E-state index is 0.472. The third kappa shape index (κ3) is 3.43. The van der Waals surface area contributed by atoms with Crippen LogP contribution in [0.5, 0.6) is 0 Å². The minimum Gasteiger partial charge on any atom is -0.480 e. The van der Waals surface area contributed by atoms with Gasteiger partial charge in [0.15, 0.2) is 0 Å². The van der Waals surface area contributed by atoms with Gasteiger partial charge in [-0.15, -0.1) is 0 Å². The first kappa shape index (κ1) is 11.9. The molecule has 0 atom stereocenters.